The lowest BCUT2D eigenvalue weighted by Gasteiger charge is -2.05. The number of Topliss-reactive ketones (excluding diaryl/α,β-unsaturated/α-hetero) is 1. The van der Waals surface area contributed by atoms with Gasteiger partial charge in [0.15, 0.2) is 12.4 Å². The fraction of sp³-hybridized carbons (Fsp3) is 0.154. The van der Waals surface area contributed by atoms with E-state index in [-0.39, 0.29) is 24.0 Å². The van der Waals surface area contributed by atoms with Crippen LogP contribution in [-0.4, -0.2) is 12.4 Å². The zero-order chi connectivity index (χ0) is 12.3. The lowest BCUT2D eigenvalue weighted by Crippen LogP contribution is -2.10. The van der Waals surface area contributed by atoms with Crippen LogP contribution in [0.15, 0.2) is 41.0 Å². The molecule has 0 aliphatic rings. The van der Waals surface area contributed by atoms with E-state index in [1.54, 1.807) is 25.1 Å². The van der Waals surface area contributed by atoms with E-state index in [0.717, 1.165) is 0 Å². The van der Waals surface area contributed by atoms with Gasteiger partial charge < -0.3 is 9.15 Å². The minimum atomic E-state index is -0.297. The molecule has 0 saturated carbocycles. The predicted molar refractivity (Wildman–Crippen MR) is 59.7 cm³/mol. The van der Waals surface area contributed by atoms with Crippen LogP contribution in [0.25, 0.3) is 0 Å². The minimum Gasteiger partial charge on any atom is -0.485 e. The highest BCUT2D eigenvalue weighted by atomic mass is 19.1. The average molecular weight is 234 g/mol. The molecule has 0 N–H and O–H groups in total. The predicted octanol–water partition coefficient (Wildman–Crippen LogP) is 2.99. The Bertz CT molecular complexity index is 517. The quantitative estimate of drug-likeness (QED) is 0.763. The Morgan fingerprint density at radius 2 is 2.24 bits per heavy atom. The van der Waals surface area contributed by atoms with Crippen molar-refractivity contribution in [3.05, 3.63) is 53.7 Å². The molecule has 0 amide bonds. The molecule has 0 spiro atoms. The molecule has 4 heteroatoms. The highest BCUT2D eigenvalue weighted by Crippen LogP contribution is 2.16. The van der Waals surface area contributed by atoms with E-state index in [1.807, 2.05) is 0 Å². The van der Waals surface area contributed by atoms with Gasteiger partial charge in [-0.2, -0.15) is 0 Å². The summed E-state index contributed by atoms with van der Waals surface area (Å²) in [6, 6.07) is 7.54. The van der Waals surface area contributed by atoms with Gasteiger partial charge in [-0.25, -0.2) is 4.39 Å². The van der Waals surface area contributed by atoms with Crippen LogP contribution in [-0.2, 0) is 0 Å². The van der Waals surface area contributed by atoms with Crippen LogP contribution in [0.3, 0.4) is 0 Å². The maximum Gasteiger partial charge on any atom is 0.235 e. The molecule has 2 rings (SSSR count). The topological polar surface area (TPSA) is 39.4 Å². The third-order valence-electron chi connectivity index (χ3n) is 2.30. The van der Waals surface area contributed by atoms with Gasteiger partial charge >= 0.3 is 0 Å². The van der Waals surface area contributed by atoms with Crippen molar-refractivity contribution in [2.45, 2.75) is 6.92 Å². The largest absolute Gasteiger partial charge is 0.485 e. The molecule has 17 heavy (non-hydrogen) atoms. The molecule has 1 aromatic heterocycles. The Morgan fingerprint density at radius 3 is 2.88 bits per heavy atom. The number of ketones is 1. The van der Waals surface area contributed by atoms with E-state index >= 15 is 0 Å². The Labute approximate surface area is 97.8 Å². The zero-order valence-corrected chi connectivity index (χ0v) is 9.27. The summed E-state index contributed by atoms with van der Waals surface area (Å²) in [4.78, 5) is 11.5. The van der Waals surface area contributed by atoms with Crippen LogP contribution in [0.4, 0.5) is 4.39 Å². The Kier molecular flexibility index (Phi) is 3.23. The molecule has 0 unspecified atom stereocenters. The number of benzene rings is 1. The molecule has 0 bridgehead atoms. The molecular formula is C13H11FO3. The fourth-order valence-electron chi connectivity index (χ4n) is 1.36. The molecule has 0 fully saturated rings. The first-order chi connectivity index (χ1) is 8.16. The third-order valence-corrected chi connectivity index (χ3v) is 2.30. The van der Waals surface area contributed by atoms with Crippen molar-refractivity contribution >= 4 is 5.78 Å². The number of furan rings is 1. The van der Waals surface area contributed by atoms with Gasteiger partial charge in [0.1, 0.15) is 11.6 Å². The molecule has 0 aliphatic heterocycles. The summed E-state index contributed by atoms with van der Waals surface area (Å²) >= 11 is 0. The van der Waals surface area contributed by atoms with Crippen molar-refractivity contribution < 1.29 is 18.3 Å². The van der Waals surface area contributed by atoms with Crippen LogP contribution in [0.2, 0.25) is 0 Å². The van der Waals surface area contributed by atoms with Gasteiger partial charge in [-0.15, -0.1) is 0 Å². The molecule has 0 radical (unpaired) electrons. The Hall–Kier alpha value is -2.10. The molecule has 0 atom stereocenters. The number of halogens is 1. The molecule has 0 aliphatic carbocycles. The molecule has 0 saturated heterocycles. The summed E-state index contributed by atoms with van der Waals surface area (Å²) in [5.41, 5.74) is 0.480. The maximum atomic E-state index is 13.0. The number of aryl methyl sites for hydroxylation is 1. The second-order valence-corrected chi connectivity index (χ2v) is 3.60. The van der Waals surface area contributed by atoms with E-state index in [2.05, 4.69) is 0 Å². The van der Waals surface area contributed by atoms with Gasteiger partial charge in [0.25, 0.3) is 0 Å². The summed E-state index contributed by atoms with van der Waals surface area (Å²) in [7, 11) is 0. The first-order valence-electron chi connectivity index (χ1n) is 5.12. The van der Waals surface area contributed by atoms with Crippen LogP contribution in [0, 0.1) is 12.7 Å². The van der Waals surface area contributed by atoms with E-state index in [9.17, 15) is 9.18 Å². The number of carbonyl (C=O) groups excluding carboxylic acids is 1. The summed E-state index contributed by atoms with van der Waals surface area (Å²) in [6.45, 7) is 1.51. The fourth-order valence-corrected chi connectivity index (χ4v) is 1.36. The Balaban J connectivity index is 1.98. The van der Waals surface area contributed by atoms with Crippen LogP contribution >= 0.6 is 0 Å². The molecule has 1 heterocycles. The van der Waals surface area contributed by atoms with Crippen LogP contribution < -0.4 is 4.74 Å². The van der Waals surface area contributed by atoms with E-state index < -0.39 is 0 Å². The molecular weight excluding hydrogens is 223 g/mol. The SMILES string of the molecule is Cc1cc(OCC(=O)c2ccco2)ccc1F. The van der Waals surface area contributed by atoms with E-state index in [4.69, 9.17) is 9.15 Å². The summed E-state index contributed by atoms with van der Waals surface area (Å²) < 4.78 is 23.2. The second-order valence-electron chi connectivity index (χ2n) is 3.60. The summed E-state index contributed by atoms with van der Waals surface area (Å²) in [5, 5.41) is 0. The molecule has 2 aromatic rings. The van der Waals surface area contributed by atoms with Crippen molar-refractivity contribution in [1.29, 1.82) is 0 Å². The zero-order valence-electron chi connectivity index (χ0n) is 9.27. The highest BCUT2D eigenvalue weighted by molar-refractivity contribution is 5.94. The van der Waals surface area contributed by atoms with Crippen molar-refractivity contribution in [3.8, 4) is 5.75 Å². The monoisotopic (exact) mass is 234 g/mol. The maximum absolute atomic E-state index is 13.0. The van der Waals surface area contributed by atoms with Crippen LogP contribution in [0.1, 0.15) is 16.1 Å². The van der Waals surface area contributed by atoms with E-state index in [1.165, 1.54) is 18.4 Å². The van der Waals surface area contributed by atoms with Crippen molar-refractivity contribution in [2.75, 3.05) is 6.61 Å². The molecule has 88 valence electrons. The molecule has 1 aromatic carbocycles. The number of hydrogen-bond acceptors (Lipinski definition) is 3. The van der Waals surface area contributed by atoms with E-state index in [0.29, 0.717) is 11.3 Å². The summed E-state index contributed by atoms with van der Waals surface area (Å²) in [5.74, 6) is 0.166. The lowest BCUT2D eigenvalue weighted by molar-refractivity contribution is 0.0893. The normalized spacial score (nSPS) is 10.2. The van der Waals surface area contributed by atoms with Crippen molar-refractivity contribution in [1.82, 2.24) is 0 Å². The minimum absolute atomic E-state index is 0.126. The Morgan fingerprint density at radius 1 is 1.41 bits per heavy atom. The second kappa shape index (κ2) is 4.82. The summed E-state index contributed by atoms with van der Waals surface area (Å²) in [6.07, 6.45) is 1.43. The van der Waals surface area contributed by atoms with Gasteiger partial charge in [0.05, 0.1) is 6.26 Å². The van der Waals surface area contributed by atoms with Gasteiger partial charge in [0, 0.05) is 0 Å². The highest BCUT2D eigenvalue weighted by Gasteiger charge is 2.09. The number of rotatable bonds is 4. The number of hydrogen-bond donors (Lipinski definition) is 0. The lowest BCUT2D eigenvalue weighted by atomic mass is 10.2. The average Bonchev–Trinajstić information content (AvgIpc) is 2.84. The third kappa shape index (κ3) is 2.72. The molecule has 3 nitrogen and oxygen atoms in total. The number of ether oxygens (including phenoxy) is 1. The van der Waals surface area contributed by atoms with Gasteiger partial charge in [0.2, 0.25) is 5.78 Å². The smallest absolute Gasteiger partial charge is 0.235 e. The van der Waals surface area contributed by atoms with Gasteiger partial charge in [-0.05, 0) is 42.8 Å². The first-order valence-corrected chi connectivity index (χ1v) is 5.12. The van der Waals surface area contributed by atoms with Crippen molar-refractivity contribution in [3.63, 3.8) is 0 Å². The number of carbonyl (C=O) groups is 1. The van der Waals surface area contributed by atoms with Crippen LogP contribution in [0.5, 0.6) is 5.75 Å². The van der Waals surface area contributed by atoms with Crippen molar-refractivity contribution in [2.24, 2.45) is 0 Å². The van der Waals surface area contributed by atoms with Gasteiger partial charge in [-0.1, -0.05) is 0 Å². The van der Waals surface area contributed by atoms with Gasteiger partial charge in [-0.3, -0.25) is 4.79 Å². The first kappa shape index (κ1) is 11.4. The standard InChI is InChI=1S/C13H11FO3/c1-9-7-10(4-5-11(9)14)17-8-12(15)13-3-2-6-16-13/h2-7H,8H2,1H3.